The molecule has 0 aliphatic heterocycles. The molecule has 170 valence electrons. The summed E-state index contributed by atoms with van der Waals surface area (Å²) >= 11 is 6.28. The van der Waals surface area contributed by atoms with Crippen LogP contribution in [-0.2, 0) is 6.54 Å². The van der Waals surface area contributed by atoms with Gasteiger partial charge in [-0.1, -0.05) is 17.7 Å². The van der Waals surface area contributed by atoms with Crippen LogP contribution >= 0.6 is 11.6 Å². The van der Waals surface area contributed by atoms with Crippen molar-refractivity contribution in [3.63, 3.8) is 0 Å². The standard InChI is InChI=1S/C26H26ClN3O3/c1-16(2)33-25-10-7-19(27)12-22(25)17-6-9-21-23(11-17)30-29-15-24(21)28-14-18-5-8-20(31-3)13-26(18)32-4/h5-13,15-16H,14H2,1-4H3,(H,28,30). The van der Waals surface area contributed by atoms with Crippen molar-refractivity contribution < 1.29 is 14.2 Å². The molecule has 0 radical (unpaired) electrons. The van der Waals surface area contributed by atoms with Crippen LogP contribution in [0.25, 0.3) is 22.0 Å². The first kappa shape index (κ1) is 22.7. The molecule has 0 spiro atoms. The van der Waals surface area contributed by atoms with Crippen molar-refractivity contribution in [2.45, 2.75) is 26.5 Å². The van der Waals surface area contributed by atoms with Gasteiger partial charge in [0.15, 0.2) is 0 Å². The van der Waals surface area contributed by atoms with Gasteiger partial charge >= 0.3 is 0 Å². The maximum atomic E-state index is 6.28. The Morgan fingerprint density at radius 3 is 2.55 bits per heavy atom. The van der Waals surface area contributed by atoms with Gasteiger partial charge in [-0.15, -0.1) is 0 Å². The van der Waals surface area contributed by atoms with Crippen molar-refractivity contribution in [3.8, 4) is 28.4 Å². The summed E-state index contributed by atoms with van der Waals surface area (Å²) < 4.78 is 16.8. The Balaban J connectivity index is 1.65. The van der Waals surface area contributed by atoms with Crippen LogP contribution in [0.3, 0.4) is 0 Å². The lowest BCUT2D eigenvalue weighted by atomic mass is 10.0. The Hall–Kier alpha value is -3.51. The summed E-state index contributed by atoms with van der Waals surface area (Å²) in [6.07, 6.45) is 1.78. The second-order valence-electron chi connectivity index (χ2n) is 7.83. The Kier molecular flexibility index (Phi) is 6.84. The molecule has 6 nitrogen and oxygen atoms in total. The van der Waals surface area contributed by atoms with E-state index in [2.05, 4.69) is 15.5 Å². The van der Waals surface area contributed by atoms with Crippen LogP contribution in [0, 0.1) is 0 Å². The number of nitrogens with zero attached hydrogens (tertiary/aromatic N) is 2. The molecule has 3 aromatic carbocycles. The third-order valence-electron chi connectivity index (χ3n) is 5.22. The average Bonchev–Trinajstić information content (AvgIpc) is 2.83. The Morgan fingerprint density at radius 1 is 0.939 bits per heavy atom. The highest BCUT2D eigenvalue weighted by Gasteiger charge is 2.12. The van der Waals surface area contributed by atoms with E-state index in [1.54, 1.807) is 20.4 Å². The van der Waals surface area contributed by atoms with Crippen LogP contribution in [0.1, 0.15) is 19.4 Å². The second-order valence-corrected chi connectivity index (χ2v) is 8.27. The predicted octanol–water partition coefficient (Wildman–Crippen LogP) is 6.37. The van der Waals surface area contributed by atoms with Gasteiger partial charge in [-0.25, -0.2) is 0 Å². The summed E-state index contributed by atoms with van der Waals surface area (Å²) in [5.41, 5.74) is 4.54. The van der Waals surface area contributed by atoms with Crippen molar-refractivity contribution in [1.82, 2.24) is 10.2 Å². The molecule has 0 saturated heterocycles. The number of nitrogens with one attached hydrogen (secondary N) is 1. The smallest absolute Gasteiger partial charge is 0.127 e. The Bertz CT molecular complexity index is 1280. The highest BCUT2D eigenvalue weighted by Crippen LogP contribution is 2.35. The number of hydrogen-bond acceptors (Lipinski definition) is 6. The molecular weight excluding hydrogens is 438 g/mol. The third-order valence-corrected chi connectivity index (χ3v) is 5.45. The molecule has 0 saturated carbocycles. The van der Waals surface area contributed by atoms with Gasteiger partial charge in [0, 0.05) is 34.1 Å². The maximum Gasteiger partial charge on any atom is 0.127 e. The lowest BCUT2D eigenvalue weighted by molar-refractivity contribution is 0.243. The number of fused-ring (bicyclic) bond motifs is 1. The number of ether oxygens (including phenoxy) is 3. The molecule has 1 heterocycles. The highest BCUT2D eigenvalue weighted by atomic mass is 35.5. The highest BCUT2D eigenvalue weighted by molar-refractivity contribution is 6.31. The first-order chi connectivity index (χ1) is 16.0. The van der Waals surface area contributed by atoms with Crippen LogP contribution in [-0.4, -0.2) is 30.5 Å². The molecule has 7 heteroatoms. The van der Waals surface area contributed by atoms with E-state index in [1.807, 2.05) is 68.4 Å². The molecule has 0 unspecified atom stereocenters. The summed E-state index contributed by atoms with van der Waals surface area (Å²) in [5, 5.41) is 13.6. The van der Waals surface area contributed by atoms with Crippen LogP contribution in [0.15, 0.2) is 60.8 Å². The van der Waals surface area contributed by atoms with Gasteiger partial charge in [-0.05, 0) is 61.9 Å². The van der Waals surface area contributed by atoms with Crippen molar-refractivity contribution in [2.24, 2.45) is 0 Å². The minimum Gasteiger partial charge on any atom is -0.497 e. The summed E-state index contributed by atoms with van der Waals surface area (Å²) in [5.74, 6) is 2.29. The zero-order valence-electron chi connectivity index (χ0n) is 19.1. The van der Waals surface area contributed by atoms with Gasteiger partial charge in [0.2, 0.25) is 0 Å². The normalized spacial score (nSPS) is 11.0. The number of halogens is 1. The summed E-state index contributed by atoms with van der Waals surface area (Å²) in [4.78, 5) is 0. The van der Waals surface area contributed by atoms with E-state index >= 15 is 0 Å². The van der Waals surface area contributed by atoms with Crippen LogP contribution in [0.2, 0.25) is 5.02 Å². The zero-order valence-corrected chi connectivity index (χ0v) is 19.8. The van der Waals surface area contributed by atoms with Gasteiger partial charge in [0.25, 0.3) is 0 Å². The molecule has 4 aromatic rings. The lowest BCUT2D eigenvalue weighted by Gasteiger charge is -2.16. The molecule has 1 N–H and O–H groups in total. The first-order valence-electron chi connectivity index (χ1n) is 10.6. The molecule has 0 aliphatic rings. The summed E-state index contributed by atoms with van der Waals surface area (Å²) in [6.45, 7) is 4.57. The average molecular weight is 464 g/mol. The fourth-order valence-corrected chi connectivity index (χ4v) is 3.81. The second kappa shape index (κ2) is 9.96. The van der Waals surface area contributed by atoms with Crippen molar-refractivity contribution in [1.29, 1.82) is 0 Å². The fraction of sp³-hybridized carbons (Fsp3) is 0.231. The number of methoxy groups -OCH3 is 2. The van der Waals surface area contributed by atoms with Crippen molar-refractivity contribution in [2.75, 3.05) is 19.5 Å². The van der Waals surface area contributed by atoms with E-state index in [4.69, 9.17) is 25.8 Å². The van der Waals surface area contributed by atoms with Gasteiger partial charge in [0.1, 0.15) is 17.2 Å². The molecule has 4 rings (SSSR count). The molecule has 33 heavy (non-hydrogen) atoms. The van der Waals surface area contributed by atoms with E-state index in [1.165, 1.54) is 0 Å². The van der Waals surface area contributed by atoms with E-state index in [9.17, 15) is 0 Å². The third kappa shape index (κ3) is 5.12. The molecule has 1 aromatic heterocycles. The monoisotopic (exact) mass is 463 g/mol. The van der Waals surface area contributed by atoms with E-state index in [0.29, 0.717) is 11.6 Å². The molecule has 0 fully saturated rings. The topological polar surface area (TPSA) is 65.5 Å². The largest absolute Gasteiger partial charge is 0.497 e. The maximum absolute atomic E-state index is 6.28. The van der Waals surface area contributed by atoms with Crippen molar-refractivity contribution >= 4 is 28.2 Å². The number of aromatic nitrogens is 2. The molecule has 0 aliphatic carbocycles. The minimum atomic E-state index is 0.0518. The van der Waals surface area contributed by atoms with Crippen LogP contribution < -0.4 is 19.5 Å². The summed E-state index contributed by atoms with van der Waals surface area (Å²) in [6, 6.07) is 17.5. The van der Waals surface area contributed by atoms with E-state index in [0.717, 1.165) is 50.5 Å². The van der Waals surface area contributed by atoms with Gasteiger partial charge < -0.3 is 19.5 Å². The Morgan fingerprint density at radius 2 is 1.79 bits per heavy atom. The number of rotatable bonds is 8. The molecule has 0 amide bonds. The molecule has 0 atom stereocenters. The van der Waals surface area contributed by atoms with Crippen molar-refractivity contribution in [3.05, 3.63) is 71.4 Å². The Labute approximate surface area is 198 Å². The lowest BCUT2D eigenvalue weighted by Crippen LogP contribution is -2.06. The predicted molar refractivity (Wildman–Crippen MR) is 133 cm³/mol. The SMILES string of the molecule is COc1ccc(CNc2cnnc3cc(-c4cc(Cl)ccc4OC(C)C)ccc23)c(OC)c1. The first-order valence-corrected chi connectivity index (χ1v) is 11.0. The van der Waals surface area contributed by atoms with Gasteiger partial charge in [-0.2, -0.15) is 10.2 Å². The van der Waals surface area contributed by atoms with Crippen LogP contribution in [0.5, 0.6) is 17.2 Å². The quantitative estimate of drug-likeness (QED) is 0.327. The molecule has 0 bridgehead atoms. The van der Waals surface area contributed by atoms with E-state index < -0.39 is 0 Å². The number of hydrogen-bond donors (Lipinski definition) is 1. The van der Waals surface area contributed by atoms with E-state index in [-0.39, 0.29) is 6.10 Å². The van der Waals surface area contributed by atoms with Gasteiger partial charge in [-0.3, -0.25) is 0 Å². The fourth-order valence-electron chi connectivity index (χ4n) is 3.64. The summed E-state index contributed by atoms with van der Waals surface area (Å²) in [7, 11) is 3.29. The number of benzene rings is 3. The van der Waals surface area contributed by atoms with Crippen LogP contribution in [0.4, 0.5) is 5.69 Å². The zero-order chi connectivity index (χ0) is 23.4. The molecular formula is C26H26ClN3O3. The van der Waals surface area contributed by atoms with Gasteiger partial charge in [0.05, 0.1) is 37.7 Å². The minimum absolute atomic E-state index is 0.0518. The number of anilines is 1.